The number of nitrogens with one attached hydrogen (secondary N) is 2. The average Bonchev–Trinajstić information content (AvgIpc) is 3.08. The van der Waals surface area contributed by atoms with Crippen LogP contribution in [0.1, 0.15) is 21.0 Å². The summed E-state index contributed by atoms with van der Waals surface area (Å²) in [7, 11) is 0. The Morgan fingerprint density at radius 3 is 1.50 bits per heavy atom. The van der Waals surface area contributed by atoms with E-state index in [1.54, 1.807) is 22.8 Å². The third-order valence-corrected chi connectivity index (χ3v) is 6.85. The summed E-state index contributed by atoms with van der Waals surface area (Å²) in [6.45, 7) is -2.88. The minimum Gasteiger partial charge on any atom is -0.342 e. The van der Waals surface area contributed by atoms with Crippen LogP contribution in [0.5, 0.6) is 0 Å². The van der Waals surface area contributed by atoms with Crippen molar-refractivity contribution in [1.29, 1.82) is 0 Å². The second-order valence-corrected chi connectivity index (χ2v) is 10.5. The van der Waals surface area contributed by atoms with Gasteiger partial charge in [0.1, 0.15) is 36.1 Å². The van der Waals surface area contributed by atoms with Gasteiger partial charge in [-0.25, -0.2) is 18.7 Å². The molecule has 4 aromatic heterocycles. The van der Waals surface area contributed by atoms with Crippen LogP contribution >= 0.6 is 0 Å². The van der Waals surface area contributed by atoms with Gasteiger partial charge in [-0.2, -0.15) is 26.3 Å². The van der Waals surface area contributed by atoms with Crippen LogP contribution in [0.15, 0.2) is 97.6 Å². The van der Waals surface area contributed by atoms with Gasteiger partial charge in [0.05, 0.1) is 11.0 Å². The number of carbonyl (C=O) groups is 2. The summed E-state index contributed by atoms with van der Waals surface area (Å²) in [5.74, 6) is -2.73. The van der Waals surface area contributed by atoms with Gasteiger partial charge in [-0.05, 0) is 59.7 Å². The lowest BCUT2D eigenvalue weighted by Crippen LogP contribution is -2.34. The monoisotopic (exact) mass is 698 g/mol. The molecule has 0 aliphatic heterocycles. The zero-order valence-corrected chi connectivity index (χ0v) is 25.3. The molecule has 0 saturated heterocycles. The van der Waals surface area contributed by atoms with Crippen molar-refractivity contribution in [3.63, 3.8) is 0 Å². The first-order valence-electron chi connectivity index (χ1n) is 14.4. The lowest BCUT2D eigenvalue weighted by atomic mass is 10.0. The first-order valence-corrected chi connectivity index (χ1v) is 14.4. The van der Waals surface area contributed by atoms with E-state index in [0.717, 1.165) is 0 Å². The summed E-state index contributed by atoms with van der Waals surface area (Å²) in [5, 5.41) is 4.73. The van der Waals surface area contributed by atoms with Crippen molar-refractivity contribution in [2.75, 3.05) is 13.1 Å². The molecule has 4 heterocycles. The number of carbonyl (C=O) groups excluding carboxylic acids is 2. The van der Waals surface area contributed by atoms with Gasteiger partial charge >= 0.3 is 12.4 Å². The maximum atomic E-state index is 13.5. The number of nitrogens with zero attached hydrogens (tertiary/aromatic N) is 4. The molecule has 0 bridgehead atoms. The summed E-state index contributed by atoms with van der Waals surface area (Å²) in [4.78, 5) is 40.2. The minimum absolute atomic E-state index is 0.147. The number of halogens is 8. The van der Waals surface area contributed by atoms with E-state index in [9.17, 15) is 44.7 Å². The maximum Gasteiger partial charge on any atom is 0.405 e. The Balaban J connectivity index is 0.000000194. The van der Waals surface area contributed by atoms with Crippen LogP contribution in [0.25, 0.3) is 44.1 Å². The predicted molar refractivity (Wildman–Crippen MR) is 167 cm³/mol. The SMILES string of the molecule is O=C(NCC(F)(F)F)c1ccc2cncc(-c3ccc(F)cc3)c2n1.O=C(NCC(F)(F)F)c1ccc2cncc(-c3cccc(F)c3)c2n1. The van der Waals surface area contributed by atoms with Crippen LogP contribution in [-0.4, -0.2) is 57.2 Å². The fraction of sp³-hybridized carbons (Fsp3) is 0.118. The van der Waals surface area contributed by atoms with E-state index in [0.29, 0.717) is 44.1 Å². The topological polar surface area (TPSA) is 110 Å². The summed E-state index contributed by atoms with van der Waals surface area (Å²) < 4.78 is 99.9. The average molecular weight is 699 g/mol. The molecular formula is C34H22F8N6O2. The normalized spacial score (nSPS) is 11.5. The van der Waals surface area contributed by atoms with Crippen LogP contribution < -0.4 is 10.6 Å². The number of pyridine rings is 4. The van der Waals surface area contributed by atoms with E-state index in [-0.39, 0.29) is 11.4 Å². The van der Waals surface area contributed by atoms with Crippen molar-refractivity contribution in [2.24, 2.45) is 0 Å². The molecule has 0 aliphatic carbocycles. The van der Waals surface area contributed by atoms with Crippen LogP contribution in [-0.2, 0) is 0 Å². The summed E-state index contributed by atoms with van der Waals surface area (Å²) in [6, 6.07) is 17.1. The molecule has 0 fully saturated rings. The molecule has 16 heteroatoms. The van der Waals surface area contributed by atoms with E-state index in [1.807, 2.05) is 0 Å². The van der Waals surface area contributed by atoms with Gasteiger partial charge in [0.15, 0.2) is 0 Å². The highest BCUT2D eigenvalue weighted by Crippen LogP contribution is 2.28. The van der Waals surface area contributed by atoms with Crippen molar-refractivity contribution < 1.29 is 44.7 Å². The number of hydrogen-bond donors (Lipinski definition) is 2. The van der Waals surface area contributed by atoms with Crippen molar-refractivity contribution in [1.82, 2.24) is 30.6 Å². The fourth-order valence-corrected chi connectivity index (χ4v) is 4.59. The van der Waals surface area contributed by atoms with Crippen molar-refractivity contribution in [2.45, 2.75) is 12.4 Å². The first-order chi connectivity index (χ1) is 23.7. The Labute approximate surface area is 277 Å². The lowest BCUT2D eigenvalue weighted by Gasteiger charge is -2.10. The van der Waals surface area contributed by atoms with E-state index < -0.39 is 48.9 Å². The Morgan fingerprint density at radius 1 is 0.560 bits per heavy atom. The molecule has 2 amide bonds. The number of rotatable bonds is 6. The molecule has 0 aliphatic rings. The Morgan fingerprint density at radius 2 is 1.04 bits per heavy atom. The van der Waals surface area contributed by atoms with E-state index in [4.69, 9.17) is 0 Å². The van der Waals surface area contributed by atoms with Crippen molar-refractivity contribution in [3.8, 4) is 22.3 Å². The number of hydrogen-bond acceptors (Lipinski definition) is 6. The quantitative estimate of drug-likeness (QED) is 0.175. The summed E-state index contributed by atoms with van der Waals surface area (Å²) in [6.07, 6.45) is -3.03. The van der Waals surface area contributed by atoms with E-state index in [1.165, 1.54) is 85.5 Å². The highest BCUT2D eigenvalue weighted by molar-refractivity contribution is 5.99. The lowest BCUT2D eigenvalue weighted by molar-refractivity contribution is -0.123. The molecule has 6 rings (SSSR count). The number of amides is 2. The molecule has 2 aromatic carbocycles. The molecule has 256 valence electrons. The minimum atomic E-state index is -4.51. The van der Waals surface area contributed by atoms with Crippen LogP contribution in [0.3, 0.4) is 0 Å². The number of benzene rings is 2. The molecule has 0 radical (unpaired) electrons. The smallest absolute Gasteiger partial charge is 0.342 e. The standard InChI is InChI=1S/2C17H11F4N3O/c18-12-4-1-10(2-5-12)13-8-22-7-11-3-6-14(24-15(11)13)16(25)23-9-17(19,20)21;18-12-3-1-2-10(6-12)13-8-22-7-11-4-5-14(24-15(11)13)16(25)23-9-17(19,20)21/h2*1-8H,9H2,(H,23,25). The largest absolute Gasteiger partial charge is 0.405 e. The third-order valence-electron chi connectivity index (χ3n) is 6.85. The highest BCUT2D eigenvalue weighted by Gasteiger charge is 2.29. The maximum absolute atomic E-state index is 13.5. The first kappa shape index (κ1) is 35.3. The highest BCUT2D eigenvalue weighted by atomic mass is 19.4. The molecule has 50 heavy (non-hydrogen) atoms. The molecule has 8 nitrogen and oxygen atoms in total. The molecule has 0 saturated carbocycles. The van der Waals surface area contributed by atoms with Gasteiger partial charge in [-0.3, -0.25) is 19.6 Å². The molecule has 0 unspecified atom stereocenters. The van der Waals surface area contributed by atoms with Gasteiger partial charge in [0.2, 0.25) is 0 Å². The number of aromatic nitrogens is 4. The fourth-order valence-electron chi connectivity index (χ4n) is 4.59. The zero-order valence-electron chi connectivity index (χ0n) is 25.3. The second-order valence-electron chi connectivity index (χ2n) is 10.5. The van der Waals surface area contributed by atoms with Crippen LogP contribution in [0, 0.1) is 11.6 Å². The summed E-state index contributed by atoms with van der Waals surface area (Å²) in [5.41, 5.74) is 2.57. The van der Waals surface area contributed by atoms with E-state index >= 15 is 0 Å². The van der Waals surface area contributed by atoms with Gasteiger partial charge in [-0.15, -0.1) is 0 Å². The molecule has 0 atom stereocenters. The zero-order chi connectivity index (χ0) is 36.1. The molecule has 0 spiro atoms. The number of fused-ring (bicyclic) bond motifs is 2. The van der Waals surface area contributed by atoms with Crippen LogP contribution in [0.2, 0.25) is 0 Å². The van der Waals surface area contributed by atoms with Gasteiger partial charge in [0, 0.05) is 46.7 Å². The third kappa shape index (κ3) is 9.09. The molecular weight excluding hydrogens is 676 g/mol. The van der Waals surface area contributed by atoms with Gasteiger partial charge in [-0.1, -0.05) is 24.3 Å². The van der Waals surface area contributed by atoms with Crippen molar-refractivity contribution in [3.05, 3.63) is 121 Å². The Hall–Kier alpha value is -6.06. The van der Waals surface area contributed by atoms with E-state index in [2.05, 4.69) is 19.9 Å². The molecule has 2 N–H and O–H groups in total. The van der Waals surface area contributed by atoms with Crippen LogP contribution in [0.4, 0.5) is 35.1 Å². The van der Waals surface area contributed by atoms with Gasteiger partial charge in [0.25, 0.3) is 11.8 Å². The van der Waals surface area contributed by atoms with Crippen molar-refractivity contribution >= 4 is 33.6 Å². The predicted octanol–water partition coefficient (Wildman–Crippen LogP) is 7.46. The Kier molecular flexibility index (Phi) is 10.3. The van der Waals surface area contributed by atoms with Gasteiger partial charge < -0.3 is 10.6 Å². The number of alkyl halides is 6. The second kappa shape index (κ2) is 14.6. The molecule has 6 aromatic rings. The Bertz CT molecular complexity index is 2170. The summed E-state index contributed by atoms with van der Waals surface area (Å²) >= 11 is 0.